The van der Waals surface area contributed by atoms with E-state index in [2.05, 4.69) is 0 Å². The van der Waals surface area contributed by atoms with E-state index in [1.54, 1.807) is 6.07 Å². The third-order valence-corrected chi connectivity index (χ3v) is 0.187. The van der Waals surface area contributed by atoms with Crippen molar-refractivity contribution in [2.75, 3.05) is 0 Å². The summed E-state index contributed by atoms with van der Waals surface area (Å²) >= 11 is 0. The summed E-state index contributed by atoms with van der Waals surface area (Å²) in [7, 11) is 0. The van der Waals surface area contributed by atoms with E-state index in [0.717, 1.165) is 0 Å². The summed E-state index contributed by atoms with van der Waals surface area (Å²) in [5.41, 5.74) is 0. The second kappa shape index (κ2) is 1.74. The van der Waals surface area contributed by atoms with E-state index in [0.29, 0.717) is 0 Å². The van der Waals surface area contributed by atoms with Crippen molar-refractivity contribution in [3.8, 4) is 6.07 Å². The summed E-state index contributed by atoms with van der Waals surface area (Å²) in [5, 5.41) is 15.6. The van der Waals surface area contributed by atoms with Crippen molar-refractivity contribution in [3.63, 3.8) is 0 Å². The van der Waals surface area contributed by atoms with Crippen molar-refractivity contribution in [1.82, 2.24) is 0 Å². The maximum absolute atomic E-state index is 8.00. The van der Waals surface area contributed by atoms with E-state index in [4.69, 9.17) is 10.4 Å². The van der Waals surface area contributed by atoms with Crippen LogP contribution in [0.2, 0.25) is 0 Å². The van der Waals surface area contributed by atoms with Gasteiger partial charge in [0.05, 0.1) is 6.07 Å². The van der Waals surface area contributed by atoms with Crippen LogP contribution in [0.1, 0.15) is 6.92 Å². The van der Waals surface area contributed by atoms with E-state index in [1.807, 2.05) is 0 Å². The molecule has 0 aromatic carbocycles. The summed E-state index contributed by atoms with van der Waals surface area (Å²) in [5.74, 6) is 0. The van der Waals surface area contributed by atoms with E-state index in [9.17, 15) is 0 Å². The summed E-state index contributed by atoms with van der Waals surface area (Å²) < 4.78 is 0. The lowest BCUT2D eigenvalue weighted by Gasteiger charge is -1.76. The van der Waals surface area contributed by atoms with Crippen LogP contribution in [-0.2, 0) is 0 Å². The number of hydrogen-bond acceptors (Lipinski definition) is 2. The molecular formula is C3H5NO. The largest absolute Gasteiger partial charge is 0.378 e. The van der Waals surface area contributed by atoms with Gasteiger partial charge in [-0.2, -0.15) is 5.26 Å². The zero-order valence-electron chi connectivity index (χ0n) is 2.97. The summed E-state index contributed by atoms with van der Waals surface area (Å²) in [6, 6.07) is 1.58. The molecule has 0 spiro atoms. The van der Waals surface area contributed by atoms with Gasteiger partial charge in [0, 0.05) is 0 Å². The van der Waals surface area contributed by atoms with Gasteiger partial charge in [0.25, 0.3) is 0 Å². The van der Waals surface area contributed by atoms with Gasteiger partial charge in [0.15, 0.2) is 0 Å². The standard InChI is InChI=1S/C3H5NO/c1-3(5)2-4/h3,5H,1H3/i2-1. The molecule has 0 radical (unpaired) electrons. The highest BCUT2D eigenvalue weighted by Gasteiger charge is 1.80. The highest BCUT2D eigenvalue weighted by molar-refractivity contribution is 4.75. The van der Waals surface area contributed by atoms with Crippen LogP contribution < -0.4 is 0 Å². The van der Waals surface area contributed by atoms with Crippen LogP contribution >= 0.6 is 0 Å². The Morgan fingerprint density at radius 1 is 2.00 bits per heavy atom. The lowest BCUT2D eigenvalue weighted by molar-refractivity contribution is 0.251. The van der Waals surface area contributed by atoms with Crippen LogP contribution in [0.5, 0.6) is 0 Å². The van der Waals surface area contributed by atoms with Crippen LogP contribution in [0.3, 0.4) is 0 Å². The Kier molecular flexibility index (Phi) is 1.55. The Hall–Kier alpha value is -0.550. The zero-order chi connectivity index (χ0) is 4.28. The predicted molar refractivity (Wildman–Crippen MR) is 17.3 cm³/mol. The van der Waals surface area contributed by atoms with Crippen LogP contribution in [-0.4, -0.2) is 11.2 Å². The number of nitriles is 1. The van der Waals surface area contributed by atoms with Gasteiger partial charge >= 0.3 is 0 Å². The third kappa shape index (κ3) is 3.45. The first-order chi connectivity index (χ1) is 2.27. The minimum absolute atomic E-state index is 0.810. The lowest BCUT2D eigenvalue weighted by Crippen LogP contribution is -1.90. The normalized spacial score (nSPS) is 13.0. The molecule has 0 aliphatic heterocycles. The molecule has 0 rings (SSSR count). The first-order valence-corrected chi connectivity index (χ1v) is 1.35. The molecule has 0 amide bonds. The van der Waals surface area contributed by atoms with Crippen LogP contribution in [0.25, 0.3) is 0 Å². The SMILES string of the molecule is CC(O)[11C]#N. The van der Waals surface area contributed by atoms with Crippen molar-refractivity contribution in [1.29, 1.82) is 5.26 Å². The maximum atomic E-state index is 8.00. The van der Waals surface area contributed by atoms with Gasteiger partial charge in [-0.05, 0) is 6.92 Å². The molecule has 0 aliphatic carbocycles. The molecule has 2 heteroatoms. The van der Waals surface area contributed by atoms with Crippen molar-refractivity contribution in [3.05, 3.63) is 0 Å². The van der Waals surface area contributed by atoms with Crippen LogP contribution in [0.15, 0.2) is 0 Å². The number of aliphatic hydroxyl groups is 1. The maximum Gasteiger partial charge on any atom is 0.137 e. The summed E-state index contributed by atoms with van der Waals surface area (Å²) in [6.07, 6.45) is -0.810. The Bertz CT molecular complexity index is 52.4. The first kappa shape index (κ1) is 4.45. The molecule has 0 fully saturated rings. The van der Waals surface area contributed by atoms with Crippen LogP contribution in [0, 0.1) is 11.3 Å². The molecule has 0 saturated carbocycles. The van der Waals surface area contributed by atoms with Crippen molar-refractivity contribution in [2.45, 2.75) is 13.0 Å². The Morgan fingerprint density at radius 3 is 2.20 bits per heavy atom. The van der Waals surface area contributed by atoms with Crippen molar-refractivity contribution >= 4 is 0 Å². The monoisotopic (exact) mass is 70.0 g/mol. The number of hydrogen-bond donors (Lipinski definition) is 1. The molecule has 0 aromatic rings. The van der Waals surface area contributed by atoms with E-state index in [1.165, 1.54) is 6.92 Å². The molecular weight excluding hydrogens is 65.0 g/mol. The number of nitrogens with zero attached hydrogens (tertiary/aromatic N) is 1. The van der Waals surface area contributed by atoms with E-state index in [-0.39, 0.29) is 0 Å². The van der Waals surface area contributed by atoms with Gasteiger partial charge in [0.2, 0.25) is 0 Å². The minimum Gasteiger partial charge on any atom is -0.378 e. The van der Waals surface area contributed by atoms with E-state index >= 15 is 0 Å². The highest BCUT2D eigenvalue weighted by Crippen LogP contribution is 1.66. The molecule has 1 unspecified atom stereocenters. The van der Waals surface area contributed by atoms with Gasteiger partial charge in [-0.15, -0.1) is 0 Å². The van der Waals surface area contributed by atoms with Gasteiger partial charge in [-0.3, -0.25) is 0 Å². The fourth-order valence-electron chi connectivity index (χ4n) is 0. The molecule has 0 heterocycles. The minimum atomic E-state index is -0.810. The number of aliphatic hydroxyl groups excluding tert-OH is 1. The van der Waals surface area contributed by atoms with Gasteiger partial charge in [-0.1, -0.05) is 0 Å². The fourth-order valence-corrected chi connectivity index (χ4v) is 0. The average Bonchev–Trinajstić information content (AvgIpc) is 1.38. The Balaban J connectivity index is 2.94. The average molecular weight is 70.1 g/mol. The molecule has 0 aromatic heterocycles. The van der Waals surface area contributed by atoms with Gasteiger partial charge in [-0.25, -0.2) is 0 Å². The Labute approximate surface area is 30.7 Å². The quantitative estimate of drug-likeness (QED) is 0.404. The lowest BCUT2D eigenvalue weighted by atomic mass is 10.1. The second-order valence-corrected chi connectivity index (χ2v) is 0.805. The van der Waals surface area contributed by atoms with Gasteiger partial charge < -0.3 is 5.11 Å². The molecule has 28 valence electrons. The number of rotatable bonds is 0. The molecule has 5 heavy (non-hydrogen) atoms. The molecule has 0 saturated heterocycles. The van der Waals surface area contributed by atoms with Crippen molar-refractivity contribution in [2.24, 2.45) is 0 Å². The molecule has 2 nitrogen and oxygen atoms in total. The summed E-state index contributed by atoms with van der Waals surface area (Å²) in [6.45, 7) is 1.42. The third-order valence-electron chi connectivity index (χ3n) is 0.187. The summed E-state index contributed by atoms with van der Waals surface area (Å²) in [4.78, 5) is 0. The first-order valence-electron chi connectivity index (χ1n) is 1.35. The topological polar surface area (TPSA) is 44.0 Å². The van der Waals surface area contributed by atoms with Crippen molar-refractivity contribution < 1.29 is 5.11 Å². The molecule has 0 aliphatic rings. The molecule has 1 atom stereocenters. The molecule has 1 N–H and O–H groups in total. The van der Waals surface area contributed by atoms with E-state index < -0.39 is 6.10 Å². The molecule has 0 bridgehead atoms. The second-order valence-electron chi connectivity index (χ2n) is 0.805. The van der Waals surface area contributed by atoms with Gasteiger partial charge in [0.1, 0.15) is 6.10 Å². The van der Waals surface area contributed by atoms with Crippen LogP contribution in [0.4, 0.5) is 0 Å². The zero-order valence-corrected chi connectivity index (χ0v) is 2.97. The smallest absolute Gasteiger partial charge is 0.137 e. The Morgan fingerprint density at radius 2 is 2.20 bits per heavy atom. The highest BCUT2D eigenvalue weighted by atomic mass is 16.3. The fraction of sp³-hybridized carbons (Fsp3) is 0.667. The predicted octanol–water partition coefficient (Wildman–Crippen LogP) is -0.109.